The van der Waals surface area contributed by atoms with E-state index in [0.717, 1.165) is 12.8 Å². The highest BCUT2D eigenvalue weighted by atomic mass is 19.1. The van der Waals surface area contributed by atoms with Crippen LogP contribution in [0.25, 0.3) is 0 Å². The minimum atomic E-state index is -1.22. The van der Waals surface area contributed by atoms with E-state index in [4.69, 9.17) is 5.73 Å². The summed E-state index contributed by atoms with van der Waals surface area (Å²) in [5.74, 6) is -1.28. The lowest BCUT2D eigenvalue weighted by Crippen LogP contribution is -2.49. The Labute approximate surface area is 139 Å². The van der Waals surface area contributed by atoms with E-state index in [1.54, 1.807) is 30.2 Å². The Kier molecular flexibility index (Phi) is 4.09. The van der Waals surface area contributed by atoms with Crippen molar-refractivity contribution in [1.82, 2.24) is 14.5 Å². The van der Waals surface area contributed by atoms with Gasteiger partial charge in [0.05, 0.1) is 0 Å². The highest BCUT2D eigenvalue weighted by molar-refractivity contribution is 5.93. The predicted octanol–water partition coefficient (Wildman–Crippen LogP) is 1.51. The molecule has 6 nitrogen and oxygen atoms in total. The van der Waals surface area contributed by atoms with Crippen molar-refractivity contribution in [3.05, 3.63) is 53.9 Å². The Hall–Kier alpha value is -2.70. The quantitative estimate of drug-likeness (QED) is 0.922. The largest absolute Gasteiger partial charge is 0.363 e. The molecule has 126 valence electrons. The molecule has 1 fully saturated rings. The summed E-state index contributed by atoms with van der Waals surface area (Å²) in [7, 11) is 0. The lowest BCUT2D eigenvalue weighted by Gasteiger charge is -2.35. The molecule has 2 amide bonds. The summed E-state index contributed by atoms with van der Waals surface area (Å²) in [6.07, 6.45) is 4.87. The maximum absolute atomic E-state index is 13.3. The van der Waals surface area contributed by atoms with Crippen LogP contribution in [0.3, 0.4) is 0 Å². The summed E-state index contributed by atoms with van der Waals surface area (Å²) in [5, 5.41) is 0. The number of benzene rings is 1. The van der Waals surface area contributed by atoms with Crippen molar-refractivity contribution in [3.8, 4) is 0 Å². The zero-order chi connectivity index (χ0) is 17.3. The van der Waals surface area contributed by atoms with Crippen LogP contribution in [0.4, 0.5) is 4.39 Å². The van der Waals surface area contributed by atoms with Gasteiger partial charge in [0.1, 0.15) is 11.4 Å². The molecule has 2 heterocycles. The van der Waals surface area contributed by atoms with E-state index in [0.29, 0.717) is 18.7 Å². The third kappa shape index (κ3) is 2.55. The predicted molar refractivity (Wildman–Crippen MR) is 85.7 cm³/mol. The van der Waals surface area contributed by atoms with E-state index in [1.165, 1.54) is 22.9 Å². The van der Waals surface area contributed by atoms with Gasteiger partial charge in [-0.25, -0.2) is 9.37 Å². The van der Waals surface area contributed by atoms with Gasteiger partial charge in [-0.05, 0) is 37.5 Å². The highest BCUT2D eigenvalue weighted by Gasteiger charge is 2.42. The third-order valence-electron chi connectivity index (χ3n) is 4.56. The zero-order valence-corrected chi connectivity index (χ0v) is 13.4. The number of carbonyl (C=O) groups is 2. The van der Waals surface area contributed by atoms with Gasteiger partial charge in [0.25, 0.3) is 11.8 Å². The third-order valence-corrected chi connectivity index (χ3v) is 4.56. The second-order valence-electron chi connectivity index (χ2n) is 6.06. The summed E-state index contributed by atoms with van der Waals surface area (Å²) in [6, 6.07) is 5.69. The summed E-state index contributed by atoms with van der Waals surface area (Å²) in [4.78, 5) is 30.7. The Morgan fingerprint density at radius 3 is 2.42 bits per heavy atom. The number of amides is 2. The number of nitrogens with zero attached hydrogens (tertiary/aromatic N) is 3. The average Bonchev–Trinajstić information content (AvgIpc) is 3.25. The molecular weight excluding hydrogens is 311 g/mol. The van der Waals surface area contributed by atoms with E-state index in [2.05, 4.69) is 4.98 Å². The normalized spacial score (nSPS) is 16.8. The summed E-state index contributed by atoms with van der Waals surface area (Å²) < 4.78 is 14.8. The molecule has 0 radical (unpaired) electrons. The van der Waals surface area contributed by atoms with E-state index < -0.39 is 17.3 Å². The summed E-state index contributed by atoms with van der Waals surface area (Å²) in [5.41, 5.74) is 4.75. The summed E-state index contributed by atoms with van der Waals surface area (Å²) in [6.45, 7) is 3.03. The minimum absolute atomic E-state index is 0.00521. The molecular formula is C17H19FN4O2. The standard InChI is InChI=1S/C17H19FN4O2/c1-17(12-4-6-13(18)7-5-12,16(24)21-9-2-3-10-21)22-11-8-20-15(22)14(19)23/h4-8,11H,2-3,9-10H2,1H3,(H2,19,23). The first kappa shape index (κ1) is 16.2. The first-order valence-corrected chi connectivity index (χ1v) is 7.83. The van der Waals surface area contributed by atoms with Gasteiger partial charge in [0, 0.05) is 25.5 Å². The van der Waals surface area contributed by atoms with E-state index >= 15 is 0 Å². The number of halogens is 1. The Morgan fingerprint density at radius 2 is 1.83 bits per heavy atom. The minimum Gasteiger partial charge on any atom is -0.363 e. The second kappa shape index (κ2) is 6.07. The first-order valence-electron chi connectivity index (χ1n) is 7.83. The SMILES string of the molecule is CC(C(=O)N1CCCC1)(c1ccc(F)cc1)n1ccnc1C(N)=O. The first-order chi connectivity index (χ1) is 11.4. The van der Waals surface area contributed by atoms with Crippen molar-refractivity contribution < 1.29 is 14.0 Å². The van der Waals surface area contributed by atoms with E-state index in [9.17, 15) is 14.0 Å². The number of carbonyl (C=O) groups excluding carboxylic acids is 2. The maximum Gasteiger partial charge on any atom is 0.284 e. The summed E-state index contributed by atoms with van der Waals surface area (Å²) >= 11 is 0. The monoisotopic (exact) mass is 330 g/mol. The van der Waals surface area contributed by atoms with Crippen molar-refractivity contribution in [3.63, 3.8) is 0 Å². The van der Waals surface area contributed by atoms with Crippen LogP contribution < -0.4 is 5.73 Å². The van der Waals surface area contributed by atoms with Gasteiger partial charge in [-0.1, -0.05) is 12.1 Å². The molecule has 2 N–H and O–H groups in total. The van der Waals surface area contributed by atoms with Gasteiger partial charge >= 0.3 is 0 Å². The van der Waals surface area contributed by atoms with Gasteiger partial charge in [-0.3, -0.25) is 9.59 Å². The van der Waals surface area contributed by atoms with Crippen molar-refractivity contribution in [2.24, 2.45) is 5.73 Å². The highest BCUT2D eigenvalue weighted by Crippen LogP contribution is 2.31. The molecule has 2 aromatic rings. The molecule has 1 atom stereocenters. The van der Waals surface area contributed by atoms with Crippen LogP contribution in [0.2, 0.25) is 0 Å². The zero-order valence-electron chi connectivity index (χ0n) is 13.4. The Balaban J connectivity index is 2.16. The Morgan fingerprint density at radius 1 is 1.21 bits per heavy atom. The van der Waals surface area contributed by atoms with Crippen LogP contribution in [0.1, 0.15) is 35.9 Å². The number of imidazole rings is 1. The van der Waals surface area contributed by atoms with Gasteiger partial charge in [0.2, 0.25) is 0 Å². The van der Waals surface area contributed by atoms with Gasteiger partial charge in [-0.2, -0.15) is 0 Å². The van der Waals surface area contributed by atoms with Crippen LogP contribution in [-0.4, -0.2) is 39.4 Å². The van der Waals surface area contributed by atoms with Crippen molar-refractivity contribution >= 4 is 11.8 Å². The number of primary amides is 1. The molecule has 0 spiro atoms. The maximum atomic E-state index is 13.3. The van der Waals surface area contributed by atoms with Crippen LogP contribution in [0, 0.1) is 5.82 Å². The van der Waals surface area contributed by atoms with Crippen LogP contribution in [0.5, 0.6) is 0 Å². The molecule has 7 heteroatoms. The fourth-order valence-corrected chi connectivity index (χ4v) is 3.21. The Bertz CT molecular complexity index is 765. The molecule has 0 saturated carbocycles. The lowest BCUT2D eigenvalue weighted by atomic mass is 9.89. The van der Waals surface area contributed by atoms with Crippen LogP contribution in [-0.2, 0) is 10.3 Å². The molecule has 1 aliphatic heterocycles. The van der Waals surface area contributed by atoms with Crippen molar-refractivity contribution in [2.45, 2.75) is 25.3 Å². The van der Waals surface area contributed by atoms with E-state index in [1.807, 2.05) is 0 Å². The number of likely N-dealkylation sites (tertiary alicyclic amines) is 1. The average molecular weight is 330 g/mol. The van der Waals surface area contributed by atoms with Crippen molar-refractivity contribution in [1.29, 1.82) is 0 Å². The van der Waals surface area contributed by atoms with E-state index in [-0.39, 0.29) is 11.7 Å². The lowest BCUT2D eigenvalue weighted by molar-refractivity contribution is -0.137. The second-order valence-corrected chi connectivity index (χ2v) is 6.06. The van der Waals surface area contributed by atoms with Crippen molar-refractivity contribution in [2.75, 3.05) is 13.1 Å². The van der Waals surface area contributed by atoms with Crippen LogP contribution in [0.15, 0.2) is 36.7 Å². The fourth-order valence-electron chi connectivity index (χ4n) is 3.21. The number of aromatic nitrogens is 2. The van der Waals surface area contributed by atoms with Gasteiger partial charge in [0.15, 0.2) is 5.82 Å². The number of hydrogen-bond donors (Lipinski definition) is 1. The molecule has 1 unspecified atom stereocenters. The number of rotatable bonds is 4. The molecule has 0 aliphatic carbocycles. The molecule has 3 rings (SSSR count). The number of hydrogen-bond acceptors (Lipinski definition) is 3. The van der Waals surface area contributed by atoms with Crippen LogP contribution >= 0.6 is 0 Å². The molecule has 1 aromatic carbocycles. The fraction of sp³-hybridized carbons (Fsp3) is 0.353. The molecule has 1 saturated heterocycles. The molecule has 1 aliphatic rings. The molecule has 1 aromatic heterocycles. The smallest absolute Gasteiger partial charge is 0.284 e. The van der Waals surface area contributed by atoms with Gasteiger partial charge < -0.3 is 15.2 Å². The topological polar surface area (TPSA) is 81.2 Å². The molecule has 24 heavy (non-hydrogen) atoms. The number of nitrogens with two attached hydrogens (primary N) is 1. The van der Waals surface area contributed by atoms with Gasteiger partial charge in [-0.15, -0.1) is 0 Å². The molecule has 0 bridgehead atoms.